The number of carbonyl (C=O) groups is 1. The van der Waals surface area contributed by atoms with Crippen molar-refractivity contribution in [1.82, 2.24) is 0 Å². The first-order valence-corrected chi connectivity index (χ1v) is 15.0. The van der Waals surface area contributed by atoms with Gasteiger partial charge < -0.3 is 10.1 Å². The summed E-state index contributed by atoms with van der Waals surface area (Å²) in [5.41, 5.74) is 5.22. The molecule has 0 radical (unpaired) electrons. The third-order valence-electron chi connectivity index (χ3n) is 6.61. The van der Waals surface area contributed by atoms with Crippen molar-refractivity contribution in [1.29, 1.82) is 0 Å². The second-order valence-electron chi connectivity index (χ2n) is 9.44. The van der Waals surface area contributed by atoms with Gasteiger partial charge in [-0.25, -0.2) is 8.42 Å². The van der Waals surface area contributed by atoms with E-state index in [2.05, 4.69) is 19.2 Å². The maximum atomic E-state index is 13.7. The summed E-state index contributed by atoms with van der Waals surface area (Å²) >= 11 is 6.04. The number of nitrogens with one attached hydrogen (secondary N) is 1. The number of para-hydroxylation sites is 1. The summed E-state index contributed by atoms with van der Waals surface area (Å²) in [5, 5.41) is 3.57. The molecule has 1 amide bonds. The molecule has 4 aromatic carbocycles. The van der Waals surface area contributed by atoms with Crippen molar-refractivity contribution >= 4 is 38.9 Å². The summed E-state index contributed by atoms with van der Waals surface area (Å²) in [5.74, 6) is 0.198. The van der Waals surface area contributed by atoms with E-state index in [4.69, 9.17) is 16.3 Å². The van der Waals surface area contributed by atoms with Crippen LogP contribution in [0.15, 0.2) is 95.9 Å². The number of benzene rings is 4. The highest BCUT2D eigenvalue weighted by molar-refractivity contribution is 7.92. The lowest BCUT2D eigenvalue weighted by Crippen LogP contribution is -2.30. The Bertz CT molecular complexity index is 1530. The standard InChI is InChI=1S/C32H33ClN2O4S/c1-4-25-7-6-8-26(5-2)32(25)34-31(36)22-39-29-17-15-28(16-18-29)35(21-24-11-13-27(33)14-12-24)40(37,38)30-19-9-23(3)10-20-30/h6-20H,4-5,21-22H2,1-3H3,(H,34,36). The number of anilines is 2. The van der Waals surface area contributed by atoms with Crippen molar-refractivity contribution in [2.75, 3.05) is 16.2 Å². The van der Waals surface area contributed by atoms with Gasteiger partial charge in [0.25, 0.3) is 15.9 Å². The molecule has 0 saturated heterocycles. The number of nitrogens with zero attached hydrogens (tertiary/aromatic N) is 1. The van der Waals surface area contributed by atoms with E-state index in [9.17, 15) is 13.2 Å². The lowest BCUT2D eigenvalue weighted by atomic mass is 10.0. The lowest BCUT2D eigenvalue weighted by Gasteiger charge is -2.25. The Kier molecular flexibility index (Phi) is 9.50. The van der Waals surface area contributed by atoms with E-state index in [1.165, 1.54) is 4.31 Å². The van der Waals surface area contributed by atoms with Crippen LogP contribution in [-0.4, -0.2) is 20.9 Å². The molecule has 8 heteroatoms. The smallest absolute Gasteiger partial charge is 0.264 e. The quantitative estimate of drug-likeness (QED) is 0.205. The van der Waals surface area contributed by atoms with Crippen molar-refractivity contribution in [2.45, 2.75) is 45.1 Å². The lowest BCUT2D eigenvalue weighted by molar-refractivity contribution is -0.118. The number of sulfonamides is 1. The Hall–Kier alpha value is -3.81. The molecule has 0 heterocycles. The third kappa shape index (κ3) is 7.03. The molecular formula is C32H33ClN2O4S. The van der Waals surface area contributed by atoms with Gasteiger partial charge in [0.15, 0.2) is 6.61 Å². The molecule has 1 N–H and O–H groups in total. The highest BCUT2D eigenvalue weighted by Crippen LogP contribution is 2.29. The van der Waals surface area contributed by atoms with E-state index in [-0.39, 0.29) is 24.0 Å². The highest BCUT2D eigenvalue weighted by atomic mass is 35.5. The monoisotopic (exact) mass is 576 g/mol. The predicted octanol–water partition coefficient (Wildman–Crippen LogP) is 7.19. The molecule has 0 unspecified atom stereocenters. The molecule has 0 aliphatic heterocycles. The van der Waals surface area contributed by atoms with Crippen molar-refractivity contribution < 1.29 is 17.9 Å². The van der Waals surface area contributed by atoms with Crippen LogP contribution in [0, 0.1) is 6.92 Å². The zero-order valence-electron chi connectivity index (χ0n) is 22.9. The Balaban J connectivity index is 1.52. The first-order valence-electron chi connectivity index (χ1n) is 13.2. The minimum Gasteiger partial charge on any atom is -0.484 e. The molecule has 6 nitrogen and oxygen atoms in total. The van der Waals surface area contributed by atoms with Gasteiger partial charge in [0, 0.05) is 10.7 Å². The van der Waals surface area contributed by atoms with Gasteiger partial charge in [-0.2, -0.15) is 0 Å². The van der Waals surface area contributed by atoms with E-state index in [1.54, 1.807) is 72.8 Å². The van der Waals surface area contributed by atoms with Gasteiger partial charge in [0.2, 0.25) is 0 Å². The van der Waals surface area contributed by atoms with Gasteiger partial charge in [-0.15, -0.1) is 0 Å². The predicted molar refractivity (Wildman–Crippen MR) is 162 cm³/mol. The van der Waals surface area contributed by atoms with Crippen LogP contribution in [0.4, 0.5) is 11.4 Å². The van der Waals surface area contributed by atoms with E-state index < -0.39 is 10.0 Å². The van der Waals surface area contributed by atoms with Crippen LogP contribution in [-0.2, 0) is 34.2 Å². The third-order valence-corrected chi connectivity index (χ3v) is 8.65. The van der Waals surface area contributed by atoms with Crippen LogP contribution < -0.4 is 14.4 Å². The van der Waals surface area contributed by atoms with Crippen molar-refractivity contribution in [3.8, 4) is 5.75 Å². The summed E-state index contributed by atoms with van der Waals surface area (Å²) in [7, 11) is -3.87. The van der Waals surface area contributed by atoms with E-state index in [0.717, 1.165) is 40.8 Å². The maximum Gasteiger partial charge on any atom is 0.264 e. The molecular weight excluding hydrogens is 544 g/mol. The summed E-state index contributed by atoms with van der Waals surface area (Å²) in [6, 6.07) is 26.5. The number of rotatable bonds is 11. The molecule has 0 aliphatic carbocycles. The minimum atomic E-state index is -3.87. The Morgan fingerprint density at radius 3 is 2.02 bits per heavy atom. The SMILES string of the molecule is CCc1cccc(CC)c1NC(=O)COc1ccc(N(Cc2ccc(Cl)cc2)S(=O)(=O)c2ccc(C)cc2)cc1. The fourth-order valence-corrected chi connectivity index (χ4v) is 5.92. The first-order chi connectivity index (χ1) is 19.2. The Morgan fingerprint density at radius 1 is 0.850 bits per heavy atom. The average Bonchev–Trinajstić information content (AvgIpc) is 2.96. The fraction of sp³-hybridized carbons (Fsp3) is 0.219. The van der Waals surface area contributed by atoms with Crippen LogP contribution in [0.2, 0.25) is 5.02 Å². The Labute approximate surface area is 241 Å². The number of halogens is 1. The molecule has 4 aromatic rings. The molecule has 0 fully saturated rings. The maximum absolute atomic E-state index is 13.7. The van der Waals surface area contributed by atoms with Crippen LogP contribution in [0.25, 0.3) is 0 Å². The minimum absolute atomic E-state index is 0.118. The van der Waals surface area contributed by atoms with Crippen LogP contribution >= 0.6 is 11.6 Å². The van der Waals surface area contributed by atoms with Crippen molar-refractivity contribution in [2.24, 2.45) is 0 Å². The Morgan fingerprint density at radius 2 is 1.45 bits per heavy atom. The number of hydrogen-bond donors (Lipinski definition) is 1. The van der Waals surface area contributed by atoms with E-state index in [0.29, 0.717) is 16.5 Å². The van der Waals surface area contributed by atoms with Crippen LogP contribution in [0.5, 0.6) is 5.75 Å². The number of carbonyl (C=O) groups excluding carboxylic acids is 1. The van der Waals surface area contributed by atoms with E-state index in [1.807, 2.05) is 25.1 Å². The molecule has 4 rings (SSSR count). The first kappa shape index (κ1) is 29.2. The zero-order valence-corrected chi connectivity index (χ0v) is 24.4. The topological polar surface area (TPSA) is 75.7 Å². The van der Waals surface area contributed by atoms with Gasteiger partial charge in [0.05, 0.1) is 17.1 Å². The summed E-state index contributed by atoms with van der Waals surface area (Å²) in [6.45, 7) is 5.96. The summed E-state index contributed by atoms with van der Waals surface area (Å²) in [4.78, 5) is 12.9. The van der Waals surface area contributed by atoms with Gasteiger partial charge in [-0.1, -0.05) is 73.5 Å². The van der Waals surface area contributed by atoms with Gasteiger partial charge in [0.1, 0.15) is 5.75 Å². The summed E-state index contributed by atoms with van der Waals surface area (Å²) < 4.78 is 34.5. The molecule has 208 valence electrons. The molecule has 0 aromatic heterocycles. The van der Waals surface area contributed by atoms with Crippen LogP contribution in [0.1, 0.15) is 36.1 Å². The number of amides is 1. The molecule has 0 atom stereocenters. The number of ether oxygens (including phenoxy) is 1. The molecule has 40 heavy (non-hydrogen) atoms. The number of aryl methyl sites for hydroxylation is 3. The zero-order chi connectivity index (χ0) is 28.7. The molecule has 0 saturated carbocycles. The summed E-state index contributed by atoms with van der Waals surface area (Å²) in [6.07, 6.45) is 1.62. The normalized spacial score (nSPS) is 11.2. The molecule has 0 spiro atoms. The molecule has 0 bridgehead atoms. The van der Waals surface area contributed by atoms with Gasteiger partial charge in [-0.05, 0) is 85.0 Å². The van der Waals surface area contributed by atoms with E-state index >= 15 is 0 Å². The number of hydrogen-bond acceptors (Lipinski definition) is 4. The van der Waals surface area contributed by atoms with Gasteiger partial charge in [-0.3, -0.25) is 9.10 Å². The highest BCUT2D eigenvalue weighted by Gasteiger charge is 2.25. The average molecular weight is 577 g/mol. The second-order valence-corrected chi connectivity index (χ2v) is 11.7. The largest absolute Gasteiger partial charge is 0.484 e. The van der Waals surface area contributed by atoms with Crippen molar-refractivity contribution in [3.05, 3.63) is 118 Å². The molecule has 0 aliphatic rings. The van der Waals surface area contributed by atoms with Gasteiger partial charge >= 0.3 is 0 Å². The second kappa shape index (κ2) is 13.0. The van der Waals surface area contributed by atoms with Crippen molar-refractivity contribution in [3.63, 3.8) is 0 Å². The fourth-order valence-electron chi connectivity index (χ4n) is 4.34. The van der Waals surface area contributed by atoms with Crippen LogP contribution in [0.3, 0.4) is 0 Å².